The second-order valence-electron chi connectivity index (χ2n) is 6.50. The Morgan fingerprint density at radius 2 is 2.32 bits per heavy atom. The van der Waals surface area contributed by atoms with E-state index in [4.69, 9.17) is 0 Å². The number of rotatable bonds is 6. The molecule has 108 valence electrons. The minimum absolute atomic E-state index is 0.433. The fourth-order valence-electron chi connectivity index (χ4n) is 3.43. The predicted molar refractivity (Wildman–Crippen MR) is 82.4 cm³/mol. The third kappa shape index (κ3) is 3.77. The van der Waals surface area contributed by atoms with Crippen molar-refractivity contribution in [2.75, 3.05) is 20.1 Å². The molecule has 1 aliphatic carbocycles. The Balaban J connectivity index is 1.90. The predicted octanol–water partition coefficient (Wildman–Crippen LogP) is 2.99. The molecule has 0 spiro atoms. The van der Waals surface area contributed by atoms with Crippen LogP contribution in [0.15, 0.2) is 10.9 Å². The third-order valence-electron chi connectivity index (χ3n) is 4.36. The van der Waals surface area contributed by atoms with Crippen LogP contribution in [0.3, 0.4) is 0 Å². The van der Waals surface area contributed by atoms with Gasteiger partial charge in [0.25, 0.3) is 0 Å². The van der Waals surface area contributed by atoms with Crippen molar-refractivity contribution < 1.29 is 0 Å². The molecule has 2 atom stereocenters. The van der Waals surface area contributed by atoms with Crippen LogP contribution < -0.4 is 5.32 Å². The van der Waals surface area contributed by atoms with Gasteiger partial charge in [-0.3, -0.25) is 0 Å². The van der Waals surface area contributed by atoms with Gasteiger partial charge in [0.05, 0.1) is 11.2 Å². The molecular weight excluding hydrogens is 254 g/mol. The van der Waals surface area contributed by atoms with E-state index in [9.17, 15) is 0 Å². The standard InChI is InChI=1S/C15H27N3S/c1-5-16-14-12(6-7-15(14,2)3)8-18(4)9-13-10-19-11-17-13/h10-12,14,16H,5-9H2,1-4H3. The first kappa shape index (κ1) is 14.9. The molecule has 4 heteroatoms. The summed E-state index contributed by atoms with van der Waals surface area (Å²) in [6.45, 7) is 10.2. The average molecular weight is 281 g/mol. The lowest BCUT2D eigenvalue weighted by molar-refractivity contribution is 0.201. The third-order valence-corrected chi connectivity index (χ3v) is 4.99. The highest BCUT2D eigenvalue weighted by molar-refractivity contribution is 7.07. The second kappa shape index (κ2) is 6.33. The van der Waals surface area contributed by atoms with Crippen LogP contribution in [0, 0.1) is 11.3 Å². The van der Waals surface area contributed by atoms with Crippen molar-refractivity contribution in [2.45, 2.75) is 46.2 Å². The van der Waals surface area contributed by atoms with Crippen LogP contribution in [0.2, 0.25) is 0 Å². The Morgan fingerprint density at radius 3 is 2.95 bits per heavy atom. The maximum absolute atomic E-state index is 4.38. The molecule has 2 rings (SSSR count). The molecule has 0 bridgehead atoms. The molecule has 1 aromatic heterocycles. The van der Waals surface area contributed by atoms with E-state index in [0.29, 0.717) is 11.5 Å². The molecule has 1 aliphatic rings. The van der Waals surface area contributed by atoms with Gasteiger partial charge >= 0.3 is 0 Å². The van der Waals surface area contributed by atoms with Gasteiger partial charge in [-0.1, -0.05) is 20.8 Å². The summed E-state index contributed by atoms with van der Waals surface area (Å²) in [5.41, 5.74) is 3.55. The lowest BCUT2D eigenvalue weighted by atomic mass is 9.84. The number of nitrogens with zero attached hydrogens (tertiary/aromatic N) is 2. The van der Waals surface area contributed by atoms with Crippen molar-refractivity contribution in [3.05, 3.63) is 16.6 Å². The zero-order valence-electron chi connectivity index (χ0n) is 12.6. The largest absolute Gasteiger partial charge is 0.313 e. The van der Waals surface area contributed by atoms with E-state index in [1.54, 1.807) is 11.3 Å². The van der Waals surface area contributed by atoms with E-state index in [2.05, 4.69) is 48.4 Å². The Labute approximate surface area is 121 Å². The van der Waals surface area contributed by atoms with Crippen molar-refractivity contribution >= 4 is 11.3 Å². The molecule has 0 amide bonds. The van der Waals surface area contributed by atoms with Gasteiger partial charge in [-0.05, 0) is 37.8 Å². The molecule has 0 aliphatic heterocycles. The quantitative estimate of drug-likeness (QED) is 0.869. The fraction of sp³-hybridized carbons (Fsp3) is 0.800. The molecular formula is C15H27N3S. The first-order valence-electron chi connectivity index (χ1n) is 7.32. The van der Waals surface area contributed by atoms with E-state index in [-0.39, 0.29) is 0 Å². The molecule has 1 aromatic rings. The first-order valence-corrected chi connectivity index (χ1v) is 8.26. The van der Waals surface area contributed by atoms with Gasteiger partial charge in [0.15, 0.2) is 0 Å². The first-order chi connectivity index (χ1) is 9.03. The summed E-state index contributed by atoms with van der Waals surface area (Å²) >= 11 is 1.68. The summed E-state index contributed by atoms with van der Waals surface area (Å²) in [6, 6.07) is 0.649. The zero-order valence-corrected chi connectivity index (χ0v) is 13.5. The summed E-state index contributed by atoms with van der Waals surface area (Å²) in [7, 11) is 2.22. The van der Waals surface area contributed by atoms with Gasteiger partial charge in [-0.25, -0.2) is 4.98 Å². The minimum Gasteiger partial charge on any atom is -0.313 e. The highest BCUT2D eigenvalue weighted by Crippen LogP contribution is 2.41. The SMILES string of the molecule is CCNC1C(CN(C)Cc2cscn2)CCC1(C)C. The maximum atomic E-state index is 4.38. The highest BCUT2D eigenvalue weighted by Gasteiger charge is 2.41. The summed E-state index contributed by atoms with van der Waals surface area (Å²) in [5, 5.41) is 5.86. The van der Waals surface area contributed by atoms with Crippen LogP contribution in [0.1, 0.15) is 39.3 Å². The summed E-state index contributed by atoms with van der Waals surface area (Å²) in [4.78, 5) is 6.80. The zero-order chi connectivity index (χ0) is 13.9. The lowest BCUT2D eigenvalue weighted by Gasteiger charge is -2.33. The molecule has 0 radical (unpaired) electrons. The van der Waals surface area contributed by atoms with E-state index < -0.39 is 0 Å². The normalized spacial score (nSPS) is 26.2. The number of hydrogen-bond donors (Lipinski definition) is 1. The molecule has 0 saturated heterocycles. The number of hydrogen-bond acceptors (Lipinski definition) is 4. The van der Waals surface area contributed by atoms with Gasteiger partial charge < -0.3 is 10.2 Å². The van der Waals surface area contributed by atoms with Crippen molar-refractivity contribution in [2.24, 2.45) is 11.3 Å². The van der Waals surface area contributed by atoms with Gasteiger partial charge in [0.2, 0.25) is 0 Å². The van der Waals surface area contributed by atoms with Gasteiger partial charge in [0.1, 0.15) is 0 Å². The molecule has 2 unspecified atom stereocenters. The van der Waals surface area contributed by atoms with Crippen LogP contribution in [0.5, 0.6) is 0 Å². The van der Waals surface area contributed by atoms with Crippen molar-refractivity contribution in [3.8, 4) is 0 Å². The van der Waals surface area contributed by atoms with E-state index in [1.165, 1.54) is 25.1 Å². The molecule has 1 N–H and O–H groups in total. The van der Waals surface area contributed by atoms with Crippen molar-refractivity contribution in [3.63, 3.8) is 0 Å². The Hall–Kier alpha value is -0.450. The van der Waals surface area contributed by atoms with Crippen LogP contribution in [0.25, 0.3) is 0 Å². The van der Waals surface area contributed by atoms with Crippen molar-refractivity contribution in [1.82, 2.24) is 15.2 Å². The van der Waals surface area contributed by atoms with Crippen LogP contribution in [-0.2, 0) is 6.54 Å². The molecule has 0 aromatic carbocycles. The topological polar surface area (TPSA) is 28.2 Å². The van der Waals surface area contributed by atoms with E-state index in [0.717, 1.165) is 19.0 Å². The van der Waals surface area contributed by atoms with Gasteiger partial charge in [-0.15, -0.1) is 11.3 Å². The Bertz CT molecular complexity index is 375. The highest BCUT2D eigenvalue weighted by atomic mass is 32.1. The lowest BCUT2D eigenvalue weighted by Crippen LogP contribution is -2.45. The summed E-state index contributed by atoms with van der Waals surface area (Å²) in [5.74, 6) is 0.763. The smallest absolute Gasteiger partial charge is 0.0795 e. The van der Waals surface area contributed by atoms with E-state index in [1.807, 2.05) is 5.51 Å². The molecule has 1 heterocycles. The number of nitrogens with one attached hydrogen (secondary N) is 1. The Morgan fingerprint density at radius 1 is 1.53 bits per heavy atom. The van der Waals surface area contributed by atoms with Crippen LogP contribution in [-0.4, -0.2) is 36.1 Å². The average Bonchev–Trinajstić information content (AvgIpc) is 2.92. The number of thiazole rings is 1. The second-order valence-corrected chi connectivity index (χ2v) is 7.22. The van der Waals surface area contributed by atoms with Gasteiger partial charge in [0, 0.05) is 24.5 Å². The van der Waals surface area contributed by atoms with Crippen molar-refractivity contribution in [1.29, 1.82) is 0 Å². The van der Waals surface area contributed by atoms with Gasteiger partial charge in [-0.2, -0.15) is 0 Å². The maximum Gasteiger partial charge on any atom is 0.0795 e. The Kier molecular flexibility index (Phi) is 4.98. The van der Waals surface area contributed by atoms with Crippen LogP contribution >= 0.6 is 11.3 Å². The molecule has 1 fully saturated rings. The fourth-order valence-corrected chi connectivity index (χ4v) is 3.98. The monoisotopic (exact) mass is 281 g/mol. The minimum atomic E-state index is 0.433. The van der Waals surface area contributed by atoms with E-state index >= 15 is 0 Å². The number of aromatic nitrogens is 1. The molecule has 1 saturated carbocycles. The molecule has 3 nitrogen and oxygen atoms in total. The molecule has 19 heavy (non-hydrogen) atoms. The summed E-state index contributed by atoms with van der Waals surface area (Å²) < 4.78 is 0. The summed E-state index contributed by atoms with van der Waals surface area (Å²) in [6.07, 6.45) is 2.67. The van der Waals surface area contributed by atoms with Crippen LogP contribution in [0.4, 0.5) is 0 Å².